The van der Waals surface area contributed by atoms with Gasteiger partial charge in [0.1, 0.15) is 22.8 Å². The molecule has 1 N–H and O–H groups in total. The highest BCUT2D eigenvalue weighted by molar-refractivity contribution is 6.01. The van der Waals surface area contributed by atoms with E-state index in [2.05, 4.69) is 5.32 Å². The van der Waals surface area contributed by atoms with E-state index in [4.69, 9.17) is 18.9 Å². The summed E-state index contributed by atoms with van der Waals surface area (Å²) in [5.41, 5.74) is 0.578. The molecule has 2 amide bonds. The molecule has 0 aliphatic carbocycles. The summed E-state index contributed by atoms with van der Waals surface area (Å²) in [6.45, 7) is -0.542. The lowest BCUT2D eigenvalue weighted by Crippen LogP contribution is -2.51. The number of anilines is 1. The van der Waals surface area contributed by atoms with E-state index < -0.39 is 24.6 Å². The van der Waals surface area contributed by atoms with Gasteiger partial charge in [0.25, 0.3) is 11.8 Å². The Morgan fingerprint density at radius 1 is 1.07 bits per heavy atom. The van der Waals surface area contributed by atoms with E-state index in [0.29, 0.717) is 11.4 Å². The molecule has 1 atom stereocenters. The van der Waals surface area contributed by atoms with E-state index in [9.17, 15) is 14.4 Å². The van der Waals surface area contributed by atoms with E-state index in [0.717, 1.165) is 0 Å². The summed E-state index contributed by atoms with van der Waals surface area (Å²) >= 11 is 0. The maximum Gasteiger partial charge on any atom is 0.346 e. The monoisotopic (exact) mass is 414 g/mol. The van der Waals surface area contributed by atoms with Crippen LogP contribution in [0.15, 0.2) is 42.5 Å². The van der Waals surface area contributed by atoms with Gasteiger partial charge in [0, 0.05) is 7.05 Å². The van der Waals surface area contributed by atoms with E-state index in [1.807, 2.05) is 0 Å². The number of hydrogen-bond donors (Lipinski definition) is 1. The number of carbonyl (C=O) groups is 3. The van der Waals surface area contributed by atoms with Gasteiger partial charge in [0.15, 0.2) is 12.7 Å². The number of nitrogens with one attached hydrogen (secondary N) is 1. The maximum atomic E-state index is 12.9. The Morgan fingerprint density at radius 3 is 2.37 bits per heavy atom. The molecule has 0 aromatic heterocycles. The third-order valence-electron chi connectivity index (χ3n) is 4.57. The van der Waals surface area contributed by atoms with Crippen molar-refractivity contribution in [3.63, 3.8) is 0 Å². The number of para-hydroxylation sites is 2. The molecule has 3 rings (SSSR count). The van der Waals surface area contributed by atoms with Crippen LogP contribution in [0.1, 0.15) is 10.4 Å². The Bertz CT molecular complexity index is 938. The lowest BCUT2D eigenvalue weighted by Gasteiger charge is -2.33. The molecule has 158 valence electrons. The van der Waals surface area contributed by atoms with Crippen LogP contribution >= 0.6 is 0 Å². The number of amides is 2. The van der Waals surface area contributed by atoms with Gasteiger partial charge in [-0.2, -0.15) is 0 Å². The fourth-order valence-electron chi connectivity index (χ4n) is 3.10. The third kappa shape index (κ3) is 4.14. The van der Waals surface area contributed by atoms with Crippen LogP contribution < -0.4 is 24.4 Å². The van der Waals surface area contributed by atoms with Crippen LogP contribution in [0.25, 0.3) is 0 Å². The second-order valence-electron chi connectivity index (χ2n) is 6.31. The van der Waals surface area contributed by atoms with E-state index in [1.54, 1.807) is 42.5 Å². The van der Waals surface area contributed by atoms with Crippen molar-refractivity contribution in [2.75, 3.05) is 39.3 Å². The molecular formula is C21H22N2O7. The number of hydrogen-bond acceptors (Lipinski definition) is 7. The third-order valence-corrected chi connectivity index (χ3v) is 4.57. The minimum Gasteiger partial charge on any atom is -0.496 e. The second-order valence-corrected chi connectivity index (χ2v) is 6.31. The van der Waals surface area contributed by atoms with Crippen molar-refractivity contribution >= 4 is 23.5 Å². The molecule has 9 nitrogen and oxygen atoms in total. The second kappa shape index (κ2) is 9.17. The molecule has 0 fully saturated rings. The van der Waals surface area contributed by atoms with Gasteiger partial charge in [0.05, 0.1) is 26.5 Å². The van der Waals surface area contributed by atoms with Gasteiger partial charge in [0.2, 0.25) is 0 Å². The van der Waals surface area contributed by atoms with Gasteiger partial charge in [-0.3, -0.25) is 9.59 Å². The van der Waals surface area contributed by atoms with Crippen LogP contribution in [-0.2, 0) is 14.3 Å². The van der Waals surface area contributed by atoms with E-state index in [-0.39, 0.29) is 29.5 Å². The molecule has 1 aliphatic rings. The van der Waals surface area contributed by atoms with Gasteiger partial charge in [-0.15, -0.1) is 0 Å². The highest BCUT2D eigenvalue weighted by atomic mass is 16.5. The summed E-state index contributed by atoms with van der Waals surface area (Å²) in [6.07, 6.45) is -0.876. The van der Waals surface area contributed by atoms with Crippen molar-refractivity contribution in [1.82, 2.24) is 5.32 Å². The van der Waals surface area contributed by atoms with Crippen LogP contribution in [0.5, 0.6) is 17.2 Å². The number of likely N-dealkylation sites (N-methyl/N-ethyl adjacent to an activating group) is 1. The van der Waals surface area contributed by atoms with Crippen LogP contribution in [0.4, 0.5) is 5.69 Å². The Morgan fingerprint density at radius 2 is 1.73 bits per heavy atom. The van der Waals surface area contributed by atoms with Crippen molar-refractivity contribution in [2.24, 2.45) is 0 Å². The van der Waals surface area contributed by atoms with Gasteiger partial charge >= 0.3 is 5.97 Å². The fraction of sp³-hybridized carbons (Fsp3) is 0.286. The summed E-state index contributed by atoms with van der Waals surface area (Å²) in [6, 6.07) is 11.7. The molecule has 1 unspecified atom stereocenters. The molecular weight excluding hydrogens is 392 g/mol. The highest BCUT2D eigenvalue weighted by Gasteiger charge is 2.34. The average Bonchev–Trinajstić information content (AvgIpc) is 2.80. The predicted octanol–water partition coefficient (Wildman–Crippen LogP) is 1.40. The lowest BCUT2D eigenvalue weighted by molar-refractivity contribution is -0.128. The Balaban J connectivity index is 1.78. The highest BCUT2D eigenvalue weighted by Crippen LogP contribution is 2.33. The number of nitrogens with zero attached hydrogens (tertiary/aromatic N) is 1. The first-order valence-electron chi connectivity index (χ1n) is 9.16. The zero-order valence-corrected chi connectivity index (χ0v) is 16.8. The molecule has 2 aromatic carbocycles. The lowest BCUT2D eigenvalue weighted by atomic mass is 10.1. The van der Waals surface area contributed by atoms with Gasteiger partial charge in [-0.1, -0.05) is 18.2 Å². The van der Waals surface area contributed by atoms with Crippen LogP contribution in [0.3, 0.4) is 0 Å². The smallest absolute Gasteiger partial charge is 0.346 e. The minimum atomic E-state index is -0.876. The molecule has 2 aromatic rings. The van der Waals surface area contributed by atoms with E-state index in [1.165, 1.54) is 26.2 Å². The zero-order chi connectivity index (χ0) is 21.7. The average molecular weight is 414 g/mol. The zero-order valence-electron chi connectivity index (χ0n) is 16.8. The van der Waals surface area contributed by atoms with Gasteiger partial charge in [-0.05, 0) is 24.3 Å². The van der Waals surface area contributed by atoms with Gasteiger partial charge in [-0.25, -0.2) is 4.79 Å². The number of ether oxygens (including phenoxy) is 4. The predicted molar refractivity (Wildman–Crippen MR) is 107 cm³/mol. The normalized spacial score (nSPS) is 14.8. The Labute approximate surface area is 173 Å². The van der Waals surface area contributed by atoms with Crippen LogP contribution in [0.2, 0.25) is 0 Å². The number of carbonyl (C=O) groups excluding carboxylic acids is 3. The van der Waals surface area contributed by atoms with Crippen molar-refractivity contribution in [1.29, 1.82) is 0 Å². The molecule has 1 aliphatic heterocycles. The van der Waals surface area contributed by atoms with Crippen molar-refractivity contribution in [2.45, 2.75) is 6.10 Å². The number of methoxy groups -OCH3 is 2. The number of fused-ring (bicyclic) bond motifs is 1. The summed E-state index contributed by atoms with van der Waals surface area (Å²) in [5.74, 6) is -0.697. The quantitative estimate of drug-likeness (QED) is 0.713. The molecule has 1 heterocycles. The number of esters is 1. The van der Waals surface area contributed by atoms with Crippen molar-refractivity contribution in [3.8, 4) is 17.2 Å². The molecule has 0 spiro atoms. The molecule has 9 heteroatoms. The van der Waals surface area contributed by atoms with Crippen LogP contribution in [-0.4, -0.2) is 58.3 Å². The molecule has 0 bridgehead atoms. The van der Waals surface area contributed by atoms with Crippen LogP contribution in [0, 0.1) is 0 Å². The fourth-order valence-corrected chi connectivity index (χ4v) is 3.10. The van der Waals surface area contributed by atoms with E-state index >= 15 is 0 Å². The largest absolute Gasteiger partial charge is 0.496 e. The summed E-state index contributed by atoms with van der Waals surface area (Å²) in [5, 5.41) is 2.51. The number of rotatable bonds is 6. The van der Waals surface area contributed by atoms with Crippen molar-refractivity contribution < 1.29 is 33.3 Å². The number of benzene rings is 2. The SMILES string of the molecule is CNC(=O)C1CN(C(=O)COC(=O)c2c(OC)cccc2OC)c2ccccc2O1. The minimum absolute atomic E-state index is 0.00888. The first kappa shape index (κ1) is 21.0. The Kier molecular flexibility index (Phi) is 6.41. The summed E-state index contributed by atoms with van der Waals surface area (Å²) in [7, 11) is 4.32. The molecule has 30 heavy (non-hydrogen) atoms. The molecule has 0 radical (unpaired) electrons. The first-order valence-corrected chi connectivity index (χ1v) is 9.16. The summed E-state index contributed by atoms with van der Waals surface area (Å²) < 4.78 is 21.3. The van der Waals surface area contributed by atoms with Crippen molar-refractivity contribution in [3.05, 3.63) is 48.0 Å². The molecule has 0 saturated carbocycles. The standard InChI is InChI=1S/C21H22N2O7/c1-22-20(25)17-11-23(13-7-4-5-8-14(13)30-17)18(24)12-29-21(26)19-15(27-2)9-6-10-16(19)28-3/h4-10,17H,11-12H2,1-3H3,(H,22,25). The maximum absolute atomic E-state index is 12.9. The van der Waals surface area contributed by atoms with Gasteiger partial charge < -0.3 is 29.2 Å². The first-order chi connectivity index (χ1) is 14.5. The Hall–Kier alpha value is -3.75. The topological polar surface area (TPSA) is 103 Å². The molecule has 0 saturated heterocycles. The summed E-state index contributed by atoms with van der Waals surface area (Å²) in [4.78, 5) is 38.9.